The van der Waals surface area contributed by atoms with Gasteiger partial charge in [-0.05, 0) is 30.7 Å². The fourth-order valence-electron chi connectivity index (χ4n) is 1.75. The van der Waals surface area contributed by atoms with Crippen LogP contribution in [0.15, 0.2) is 24.3 Å². The first kappa shape index (κ1) is 10.5. The summed E-state index contributed by atoms with van der Waals surface area (Å²) in [6.45, 7) is 2.68. The fourth-order valence-corrected chi connectivity index (χ4v) is 1.75. The predicted octanol–water partition coefficient (Wildman–Crippen LogP) is 1.57. The summed E-state index contributed by atoms with van der Waals surface area (Å²) in [4.78, 5) is 0. The first-order chi connectivity index (χ1) is 7.38. The second kappa shape index (κ2) is 5.14. The quantitative estimate of drug-likeness (QED) is 0.813. The molecule has 3 nitrogen and oxygen atoms in total. The number of rotatable bonds is 4. The zero-order chi connectivity index (χ0) is 10.5. The van der Waals surface area contributed by atoms with E-state index in [9.17, 15) is 0 Å². The molecule has 1 unspecified atom stereocenters. The highest BCUT2D eigenvalue weighted by Crippen LogP contribution is 2.16. The van der Waals surface area contributed by atoms with Gasteiger partial charge in [-0.2, -0.15) is 0 Å². The molecule has 0 bridgehead atoms. The van der Waals surface area contributed by atoms with Crippen LogP contribution in [0.25, 0.3) is 0 Å². The second-order valence-electron chi connectivity index (χ2n) is 3.81. The molecule has 1 atom stereocenters. The van der Waals surface area contributed by atoms with Crippen LogP contribution < -0.4 is 10.1 Å². The molecule has 82 valence electrons. The van der Waals surface area contributed by atoms with Crippen LogP contribution in [-0.2, 0) is 11.3 Å². The van der Waals surface area contributed by atoms with Crippen LogP contribution in [0.2, 0.25) is 0 Å². The van der Waals surface area contributed by atoms with Gasteiger partial charge >= 0.3 is 0 Å². The normalized spacial score (nSPS) is 20.5. The van der Waals surface area contributed by atoms with Crippen LogP contribution >= 0.6 is 0 Å². The minimum absolute atomic E-state index is 0.332. The van der Waals surface area contributed by atoms with Gasteiger partial charge in [0.2, 0.25) is 0 Å². The number of hydrogen-bond acceptors (Lipinski definition) is 3. The molecule has 3 heteroatoms. The van der Waals surface area contributed by atoms with Crippen LogP contribution in [-0.4, -0.2) is 26.3 Å². The molecule has 0 aromatic heterocycles. The minimum atomic E-state index is 0.332. The Morgan fingerprint density at radius 2 is 2.13 bits per heavy atom. The maximum absolute atomic E-state index is 5.81. The van der Waals surface area contributed by atoms with E-state index in [0.29, 0.717) is 12.7 Å². The largest absolute Gasteiger partial charge is 0.489 e. The number of ether oxygens (including phenoxy) is 2. The zero-order valence-corrected chi connectivity index (χ0v) is 9.03. The molecule has 1 fully saturated rings. The average Bonchev–Trinajstić information content (AvgIpc) is 2.74. The number of benzene rings is 1. The van der Waals surface area contributed by atoms with Crippen molar-refractivity contribution < 1.29 is 9.47 Å². The Balaban J connectivity index is 1.91. The van der Waals surface area contributed by atoms with Gasteiger partial charge in [0.1, 0.15) is 11.9 Å². The molecule has 1 heterocycles. The Morgan fingerprint density at radius 1 is 1.33 bits per heavy atom. The van der Waals surface area contributed by atoms with Crippen LogP contribution in [0.1, 0.15) is 12.0 Å². The molecule has 0 saturated carbocycles. The Labute approximate surface area is 90.4 Å². The van der Waals surface area contributed by atoms with E-state index in [1.54, 1.807) is 7.11 Å². The molecular weight excluding hydrogens is 190 g/mol. The van der Waals surface area contributed by atoms with Gasteiger partial charge in [-0.3, -0.25) is 0 Å². The molecular formula is C12H17NO2. The van der Waals surface area contributed by atoms with E-state index in [0.717, 1.165) is 25.3 Å². The van der Waals surface area contributed by atoms with Crippen LogP contribution in [0.4, 0.5) is 0 Å². The number of methoxy groups -OCH3 is 1. The molecule has 15 heavy (non-hydrogen) atoms. The van der Waals surface area contributed by atoms with E-state index >= 15 is 0 Å². The standard InChI is InChI=1S/C12H17NO2/c1-14-9-10-2-4-11(5-3-10)15-12-6-7-13-8-12/h2-5,12-13H,6-9H2,1H3. The van der Waals surface area contributed by atoms with Gasteiger partial charge < -0.3 is 14.8 Å². The van der Waals surface area contributed by atoms with Crippen molar-refractivity contribution in [2.45, 2.75) is 19.1 Å². The van der Waals surface area contributed by atoms with Gasteiger partial charge in [-0.1, -0.05) is 12.1 Å². The molecule has 1 aromatic rings. The Hall–Kier alpha value is -1.06. The number of hydrogen-bond donors (Lipinski definition) is 1. The van der Waals surface area contributed by atoms with Crippen LogP contribution in [0, 0.1) is 0 Å². The van der Waals surface area contributed by atoms with Crippen molar-refractivity contribution in [3.8, 4) is 5.75 Å². The summed E-state index contributed by atoms with van der Waals surface area (Å²) in [7, 11) is 1.70. The molecule has 0 spiro atoms. The molecule has 1 N–H and O–H groups in total. The molecule has 0 amide bonds. The lowest BCUT2D eigenvalue weighted by atomic mass is 10.2. The van der Waals surface area contributed by atoms with Crippen molar-refractivity contribution >= 4 is 0 Å². The van der Waals surface area contributed by atoms with Gasteiger partial charge in [0, 0.05) is 13.7 Å². The average molecular weight is 207 g/mol. The van der Waals surface area contributed by atoms with E-state index < -0.39 is 0 Å². The van der Waals surface area contributed by atoms with Crippen molar-refractivity contribution in [1.29, 1.82) is 0 Å². The summed E-state index contributed by atoms with van der Waals surface area (Å²) in [5, 5.41) is 3.28. The van der Waals surface area contributed by atoms with Crippen molar-refractivity contribution in [2.75, 3.05) is 20.2 Å². The molecule has 1 aliphatic rings. The first-order valence-electron chi connectivity index (χ1n) is 5.34. The molecule has 2 rings (SSSR count). The fraction of sp³-hybridized carbons (Fsp3) is 0.500. The zero-order valence-electron chi connectivity index (χ0n) is 9.03. The molecule has 0 radical (unpaired) electrons. The summed E-state index contributed by atoms with van der Waals surface area (Å²) in [5.41, 5.74) is 1.18. The SMILES string of the molecule is COCc1ccc(OC2CCNC2)cc1. The Bertz CT molecular complexity index is 291. The van der Waals surface area contributed by atoms with Crippen molar-refractivity contribution in [3.05, 3.63) is 29.8 Å². The highest BCUT2D eigenvalue weighted by molar-refractivity contribution is 5.27. The Morgan fingerprint density at radius 3 is 2.73 bits per heavy atom. The van der Waals surface area contributed by atoms with Gasteiger partial charge in [0.25, 0.3) is 0 Å². The monoisotopic (exact) mass is 207 g/mol. The third-order valence-corrected chi connectivity index (χ3v) is 2.55. The minimum Gasteiger partial charge on any atom is -0.489 e. The summed E-state index contributed by atoms with van der Waals surface area (Å²) in [6.07, 6.45) is 1.43. The smallest absolute Gasteiger partial charge is 0.119 e. The maximum Gasteiger partial charge on any atom is 0.119 e. The lowest BCUT2D eigenvalue weighted by Gasteiger charge is -2.12. The summed E-state index contributed by atoms with van der Waals surface area (Å²) in [6, 6.07) is 8.10. The van der Waals surface area contributed by atoms with E-state index in [4.69, 9.17) is 9.47 Å². The third-order valence-electron chi connectivity index (χ3n) is 2.55. The van der Waals surface area contributed by atoms with E-state index in [1.165, 1.54) is 5.56 Å². The topological polar surface area (TPSA) is 30.5 Å². The predicted molar refractivity (Wildman–Crippen MR) is 59.1 cm³/mol. The van der Waals surface area contributed by atoms with Crippen molar-refractivity contribution in [2.24, 2.45) is 0 Å². The van der Waals surface area contributed by atoms with Crippen molar-refractivity contribution in [1.82, 2.24) is 5.32 Å². The molecule has 0 aliphatic carbocycles. The van der Waals surface area contributed by atoms with Gasteiger partial charge in [0.05, 0.1) is 6.61 Å². The molecule has 1 aromatic carbocycles. The summed E-state index contributed by atoms with van der Waals surface area (Å²) in [5.74, 6) is 0.948. The van der Waals surface area contributed by atoms with Gasteiger partial charge in [-0.15, -0.1) is 0 Å². The van der Waals surface area contributed by atoms with Crippen LogP contribution in [0.3, 0.4) is 0 Å². The lowest BCUT2D eigenvalue weighted by molar-refractivity contribution is 0.184. The second-order valence-corrected chi connectivity index (χ2v) is 3.81. The van der Waals surface area contributed by atoms with Gasteiger partial charge in [-0.25, -0.2) is 0 Å². The highest BCUT2D eigenvalue weighted by Gasteiger charge is 2.15. The highest BCUT2D eigenvalue weighted by atomic mass is 16.5. The third kappa shape index (κ3) is 2.94. The van der Waals surface area contributed by atoms with Gasteiger partial charge in [0.15, 0.2) is 0 Å². The van der Waals surface area contributed by atoms with E-state index in [2.05, 4.69) is 5.32 Å². The molecule has 1 aliphatic heterocycles. The lowest BCUT2D eigenvalue weighted by Crippen LogP contribution is -2.19. The van der Waals surface area contributed by atoms with E-state index in [1.807, 2.05) is 24.3 Å². The van der Waals surface area contributed by atoms with Crippen LogP contribution in [0.5, 0.6) is 5.75 Å². The van der Waals surface area contributed by atoms with E-state index in [-0.39, 0.29) is 0 Å². The first-order valence-corrected chi connectivity index (χ1v) is 5.34. The summed E-state index contributed by atoms with van der Waals surface area (Å²) >= 11 is 0. The maximum atomic E-state index is 5.81. The molecule has 1 saturated heterocycles. The Kier molecular flexibility index (Phi) is 3.59. The van der Waals surface area contributed by atoms with Crippen molar-refractivity contribution in [3.63, 3.8) is 0 Å². The summed E-state index contributed by atoms with van der Waals surface area (Å²) < 4.78 is 10.9. The number of nitrogens with one attached hydrogen (secondary N) is 1.